The molecule has 0 spiro atoms. The summed E-state index contributed by atoms with van der Waals surface area (Å²) < 4.78 is 9.01. The number of rotatable bonds is 7. The van der Waals surface area contributed by atoms with Crippen molar-refractivity contribution in [2.24, 2.45) is 25.0 Å². The number of hydrogen-bond donors (Lipinski definition) is 1. The quantitative estimate of drug-likeness (QED) is 0.432. The molecular weight excluding hydrogens is 344 g/mol. The van der Waals surface area contributed by atoms with E-state index in [0.29, 0.717) is 19.1 Å². The van der Waals surface area contributed by atoms with Gasteiger partial charge in [-0.2, -0.15) is 5.10 Å². The Kier molecular flexibility index (Phi) is 6.44. The number of hydrogen-bond acceptors (Lipinski definition) is 5. The molecule has 9 heteroatoms. The highest BCUT2D eigenvalue weighted by Gasteiger charge is 2.25. The fraction of sp³-hybridized carbons (Fsp3) is 0.667. The fourth-order valence-corrected chi connectivity index (χ4v) is 3.37. The lowest BCUT2D eigenvalue weighted by Crippen LogP contribution is -2.41. The summed E-state index contributed by atoms with van der Waals surface area (Å²) in [6.07, 6.45) is 6.27. The Morgan fingerprint density at radius 2 is 2.22 bits per heavy atom. The summed E-state index contributed by atoms with van der Waals surface area (Å²) in [7, 11) is 5.64. The molecule has 148 valence electrons. The van der Waals surface area contributed by atoms with Crippen molar-refractivity contribution in [2.45, 2.75) is 26.3 Å². The van der Waals surface area contributed by atoms with Crippen molar-refractivity contribution in [3.8, 4) is 0 Å². The largest absolute Gasteiger partial charge is 0.383 e. The monoisotopic (exact) mass is 374 g/mol. The maximum Gasteiger partial charge on any atom is 0.194 e. The highest BCUT2D eigenvalue weighted by Crippen LogP contribution is 2.21. The predicted molar refractivity (Wildman–Crippen MR) is 103 cm³/mol. The van der Waals surface area contributed by atoms with Crippen molar-refractivity contribution < 1.29 is 4.74 Å². The van der Waals surface area contributed by atoms with Crippen molar-refractivity contribution in [1.82, 2.24) is 34.8 Å². The minimum absolute atomic E-state index is 0.510. The van der Waals surface area contributed by atoms with Crippen LogP contribution in [-0.2, 0) is 31.8 Å². The van der Waals surface area contributed by atoms with Crippen molar-refractivity contribution in [2.75, 3.05) is 33.4 Å². The van der Waals surface area contributed by atoms with Gasteiger partial charge in [-0.05, 0) is 31.2 Å². The van der Waals surface area contributed by atoms with Crippen LogP contribution in [0.1, 0.15) is 23.6 Å². The van der Waals surface area contributed by atoms with Gasteiger partial charge in [-0.3, -0.25) is 4.68 Å². The van der Waals surface area contributed by atoms with Crippen LogP contribution in [0, 0.1) is 12.8 Å². The van der Waals surface area contributed by atoms with Crippen molar-refractivity contribution in [3.05, 3.63) is 29.6 Å². The molecule has 9 nitrogen and oxygen atoms in total. The Labute approximate surface area is 160 Å². The lowest BCUT2D eigenvalue weighted by atomic mass is 10.0. The van der Waals surface area contributed by atoms with Crippen LogP contribution in [0.25, 0.3) is 0 Å². The van der Waals surface area contributed by atoms with Gasteiger partial charge in [-0.1, -0.05) is 0 Å². The van der Waals surface area contributed by atoms with E-state index in [1.165, 1.54) is 5.56 Å². The van der Waals surface area contributed by atoms with Crippen LogP contribution in [0.3, 0.4) is 0 Å². The second-order valence-corrected chi connectivity index (χ2v) is 7.11. The predicted octanol–water partition coefficient (Wildman–Crippen LogP) is 0.514. The van der Waals surface area contributed by atoms with E-state index in [4.69, 9.17) is 9.73 Å². The van der Waals surface area contributed by atoms with E-state index in [1.54, 1.807) is 7.11 Å². The number of aryl methyl sites for hydroxylation is 2. The number of aromatic nitrogens is 5. The van der Waals surface area contributed by atoms with E-state index < -0.39 is 0 Å². The van der Waals surface area contributed by atoms with E-state index in [2.05, 4.69) is 31.7 Å². The van der Waals surface area contributed by atoms with E-state index >= 15 is 0 Å². The Hall–Kier alpha value is -2.42. The zero-order chi connectivity index (χ0) is 19.2. The van der Waals surface area contributed by atoms with Gasteiger partial charge in [-0.25, -0.2) is 4.99 Å². The maximum atomic E-state index is 5.17. The van der Waals surface area contributed by atoms with Crippen LogP contribution < -0.4 is 5.32 Å². The molecule has 0 bridgehead atoms. The molecule has 0 saturated carbocycles. The molecule has 0 aliphatic carbocycles. The summed E-state index contributed by atoms with van der Waals surface area (Å²) in [5.74, 6) is 3.29. The molecule has 1 N–H and O–H groups in total. The molecule has 3 heterocycles. The molecule has 1 aliphatic heterocycles. The second kappa shape index (κ2) is 8.98. The molecule has 1 unspecified atom stereocenters. The topological polar surface area (TPSA) is 85.4 Å². The summed E-state index contributed by atoms with van der Waals surface area (Å²) in [6.45, 7) is 5.83. The second-order valence-electron chi connectivity index (χ2n) is 7.11. The number of nitrogens with one attached hydrogen (secondary N) is 1. The smallest absolute Gasteiger partial charge is 0.194 e. The molecule has 1 atom stereocenters. The average Bonchev–Trinajstić information content (AvgIpc) is 3.35. The molecule has 1 saturated heterocycles. The van der Waals surface area contributed by atoms with Crippen LogP contribution >= 0.6 is 0 Å². The van der Waals surface area contributed by atoms with E-state index in [0.717, 1.165) is 50.1 Å². The average molecular weight is 374 g/mol. The lowest BCUT2D eigenvalue weighted by Gasteiger charge is -2.22. The van der Waals surface area contributed by atoms with Crippen LogP contribution in [0.5, 0.6) is 0 Å². The molecule has 2 aromatic heterocycles. The Bertz CT molecular complexity index is 765. The van der Waals surface area contributed by atoms with Crippen LogP contribution in [-0.4, -0.2) is 68.8 Å². The number of aliphatic imine (C=N–C) groups is 1. The van der Waals surface area contributed by atoms with Crippen LogP contribution in [0.2, 0.25) is 0 Å². The molecule has 0 amide bonds. The first-order valence-electron chi connectivity index (χ1n) is 9.41. The summed E-state index contributed by atoms with van der Waals surface area (Å²) in [5, 5.41) is 16.0. The van der Waals surface area contributed by atoms with Gasteiger partial charge in [0.05, 0.1) is 12.8 Å². The van der Waals surface area contributed by atoms with Gasteiger partial charge in [0.25, 0.3) is 0 Å². The van der Waals surface area contributed by atoms with E-state index in [1.807, 2.05) is 36.5 Å². The zero-order valence-corrected chi connectivity index (χ0v) is 16.7. The summed E-state index contributed by atoms with van der Waals surface area (Å²) in [5.41, 5.74) is 1.30. The standard InChI is InChI=1S/C18H30N8O/c1-14-22-23-17(25(14)3)11-20-18(19-6-8-27-4)26-7-5-15(13-26)9-16-10-21-24(2)12-16/h10,12,15H,5-9,11,13H2,1-4H3,(H,19,20). The summed E-state index contributed by atoms with van der Waals surface area (Å²) in [4.78, 5) is 7.14. The molecule has 1 fully saturated rings. The van der Waals surface area contributed by atoms with Crippen LogP contribution in [0.15, 0.2) is 17.4 Å². The lowest BCUT2D eigenvalue weighted by molar-refractivity contribution is 0.203. The summed E-state index contributed by atoms with van der Waals surface area (Å²) >= 11 is 0. The Morgan fingerprint density at radius 1 is 1.37 bits per heavy atom. The molecule has 0 aromatic carbocycles. The Morgan fingerprint density at radius 3 is 2.89 bits per heavy atom. The van der Waals surface area contributed by atoms with Gasteiger partial charge in [0.2, 0.25) is 0 Å². The highest BCUT2D eigenvalue weighted by atomic mass is 16.5. The van der Waals surface area contributed by atoms with Crippen molar-refractivity contribution in [1.29, 1.82) is 0 Å². The maximum absolute atomic E-state index is 5.17. The first-order chi connectivity index (χ1) is 13.1. The highest BCUT2D eigenvalue weighted by molar-refractivity contribution is 5.80. The van der Waals surface area contributed by atoms with Crippen LogP contribution in [0.4, 0.5) is 0 Å². The van der Waals surface area contributed by atoms with Gasteiger partial charge in [0.1, 0.15) is 12.4 Å². The summed E-state index contributed by atoms with van der Waals surface area (Å²) in [6, 6.07) is 0. The fourth-order valence-electron chi connectivity index (χ4n) is 3.37. The van der Waals surface area contributed by atoms with Gasteiger partial charge in [0.15, 0.2) is 11.8 Å². The normalized spacial score (nSPS) is 17.7. The minimum Gasteiger partial charge on any atom is -0.383 e. The van der Waals surface area contributed by atoms with Gasteiger partial charge in [0, 0.05) is 47.0 Å². The van der Waals surface area contributed by atoms with Gasteiger partial charge < -0.3 is 19.5 Å². The first kappa shape index (κ1) is 19.3. The molecule has 0 radical (unpaired) electrons. The molecular formula is C18H30N8O. The minimum atomic E-state index is 0.510. The number of methoxy groups -OCH3 is 1. The van der Waals surface area contributed by atoms with Gasteiger partial charge >= 0.3 is 0 Å². The molecule has 2 aromatic rings. The number of guanidine groups is 1. The first-order valence-corrected chi connectivity index (χ1v) is 9.41. The number of nitrogens with zero attached hydrogens (tertiary/aromatic N) is 7. The van der Waals surface area contributed by atoms with Gasteiger partial charge in [-0.15, -0.1) is 10.2 Å². The molecule has 1 aliphatic rings. The molecule has 27 heavy (non-hydrogen) atoms. The Balaban J connectivity index is 1.63. The van der Waals surface area contributed by atoms with E-state index in [9.17, 15) is 0 Å². The van der Waals surface area contributed by atoms with E-state index in [-0.39, 0.29) is 0 Å². The zero-order valence-electron chi connectivity index (χ0n) is 16.7. The number of likely N-dealkylation sites (tertiary alicyclic amines) is 1. The SMILES string of the molecule is COCCNC(=NCc1nnc(C)n1C)N1CCC(Cc2cnn(C)c2)C1. The van der Waals surface area contributed by atoms with Crippen molar-refractivity contribution >= 4 is 5.96 Å². The van der Waals surface area contributed by atoms with Crippen molar-refractivity contribution in [3.63, 3.8) is 0 Å². The number of ether oxygens (including phenoxy) is 1. The molecule has 3 rings (SSSR count). The third kappa shape index (κ3) is 5.06. The third-order valence-electron chi connectivity index (χ3n) is 5.01. The third-order valence-corrected chi connectivity index (χ3v) is 5.01.